The molecule has 0 atom stereocenters. The third-order valence-corrected chi connectivity index (χ3v) is 0.644. The number of carbonyl (C=O) groups is 1. The van der Waals surface area contributed by atoms with Crippen LogP contribution in [0.15, 0.2) is 4.99 Å². The van der Waals surface area contributed by atoms with Gasteiger partial charge in [-0.15, -0.1) is 0 Å². The van der Waals surface area contributed by atoms with Crippen LogP contribution >= 0.6 is 0 Å². The molecule has 0 aliphatic carbocycles. The van der Waals surface area contributed by atoms with Crippen LogP contribution in [0, 0.1) is 5.41 Å². The maximum Gasteiger partial charge on any atom is 0.255 e. The van der Waals surface area contributed by atoms with Gasteiger partial charge < -0.3 is 0 Å². The monoisotopic (exact) mass is 112 g/mol. The smallest absolute Gasteiger partial charge is 0.255 e. The molecule has 0 aliphatic heterocycles. The first-order valence-electron chi connectivity index (χ1n) is 2.46. The zero-order valence-electron chi connectivity index (χ0n) is 4.77. The molecule has 0 aromatic carbocycles. The van der Waals surface area contributed by atoms with Crippen LogP contribution in [0.5, 0.6) is 0 Å². The molecule has 0 aromatic rings. The van der Waals surface area contributed by atoms with Crippen LogP contribution in [-0.2, 0) is 4.79 Å². The van der Waals surface area contributed by atoms with Crippen LogP contribution in [-0.4, -0.2) is 11.9 Å². The minimum atomic E-state index is -0.262. The number of nitrogens with one attached hydrogen (secondary N) is 1. The van der Waals surface area contributed by atoms with E-state index in [4.69, 9.17) is 5.41 Å². The molecule has 0 bridgehead atoms. The maximum atomic E-state index is 10.3. The van der Waals surface area contributed by atoms with E-state index in [1.54, 1.807) is 6.01 Å². The largest absolute Gasteiger partial charge is 0.272 e. The highest BCUT2D eigenvalue weighted by molar-refractivity contribution is 5.81. The predicted molar refractivity (Wildman–Crippen MR) is 30.1 cm³/mol. The van der Waals surface area contributed by atoms with Crippen LogP contribution in [0.1, 0.15) is 19.8 Å². The first kappa shape index (κ1) is 7.05. The minimum Gasteiger partial charge on any atom is -0.272 e. The Kier molecular flexibility index (Phi) is 3.71. The molecule has 0 aliphatic rings. The van der Waals surface area contributed by atoms with Gasteiger partial charge in [0.25, 0.3) is 5.91 Å². The standard InChI is InChI=1S/C5H8N2O/c1-2-3-5(8)7-4-6/h6H,2-3H2,1H3. The van der Waals surface area contributed by atoms with Crippen molar-refractivity contribution >= 4 is 11.9 Å². The van der Waals surface area contributed by atoms with Gasteiger partial charge in [-0.25, -0.2) is 5.41 Å². The van der Waals surface area contributed by atoms with E-state index in [1.807, 2.05) is 6.92 Å². The zero-order chi connectivity index (χ0) is 6.41. The van der Waals surface area contributed by atoms with Gasteiger partial charge in [0.15, 0.2) is 0 Å². The molecule has 3 nitrogen and oxygen atoms in total. The lowest BCUT2D eigenvalue weighted by atomic mass is 10.3. The molecule has 0 saturated carbocycles. The summed E-state index contributed by atoms with van der Waals surface area (Å²) in [5.41, 5.74) is 0. The molecule has 0 spiro atoms. The highest BCUT2D eigenvalue weighted by atomic mass is 16.1. The van der Waals surface area contributed by atoms with Crippen molar-refractivity contribution in [2.45, 2.75) is 19.8 Å². The Bertz CT molecular complexity index is 124. The van der Waals surface area contributed by atoms with Gasteiger partial charge in [-0.2, -0.15) is 4.99 Å². The summed E-state index contributed by atoms with van der Waals surface area (Å²) in [4.78, 5) is 13.4. The second-order valence-corrected chi connectivity index (χ2v) is 1.37. The molecule has 0 radical (unpaired) electrons. The molecule has 8 heavy (non-hydrogen) atoms. The molecule has 3 heteroatoms. The van der Waals surface area contributed by atoms with Crippen molar-refractivity contribution < 1.29 is 4.79 Å². The van der Waals surface area contributed by atoms with Crippen LogP contribution in [0.4, 0.5) is 0 Å². The Labute approximate surface area is 47.9 Å². The van der Waals surface area contributed by atoms with E-state index in [9.17, 15) is 4.79 Å². The molecule has 0 saturated heterocycles. The summed E-state index contributed by atoms with van der Waals surface area (Å²) in [6.07, 6.45) is 1.20. The molecule has 0 unspecified atom stereocenters. The molecule has 1 amide bonds. The van der Waals surface area contributed by atoms with Crippen LogP contribution in [0.2, 0.25) is 0 Å². The average Bonchev–Trinajstić information content (AvgIpc) is 1.68. The summed E-state index contributed by atoms with van der Waals surface area (Å²) in [5, 5.41) is 6.27. The van der Waals surface area contributed by atoms with Crippen molar-refractivity contribution in [3.63, 3.8) is 0 Å². The Morgan fingerprint density at radius 2 is 2.50 bits per heavy atom. The zero-order valence-corrected chi connectivity index (χ0v) is 4.77. The molecular weight excluding hydrogens is 104 g/mol. The fourth-order valence-corrected chi connectivity index (χ4v) is 0.332. The van der Waals surface area contributed by atoms with Gasteiger partial charge in [-0.1, -0.05) is 6.92 Å². The van der Waals surface area contributed by atoms with E-state index in [-0.39, 0.29) is 5.91 Å². The van der Waals surface area contributed by atoms with Gasteiger partial charge >= 0.3 is 0 Å². The van der Waals surface area contributed by atoms with Gasteiger partial charge in [0, 0.05) is 6.42 Å². The van der Waals surface area contributed by atoms with E-state index in [0.717, 1.165) is 6.42 Å². The van der Waals surface area contributed by atoms with E-state index < -0.39 is 0 Å². The normalized spacial score (nSPS) is 7.62. The minimum absolute atomic E-state index is 0.262. The summed E-state index contributed by atoms with van der Waals surface area (Å²) in [6.45, 7) is 1.89. The third kappa shape index (κ3) is 3.25. The number of hydrogen-bond donors (Lipinski definition) is 1. The molecule has 44 valence electrons. The van der Waals surface area contributed by atoms with Crippen molar-refractivity contribution in [2.24, 2.45) is 4.99 Å². The van der Waals surface area contributed by atoms with Gasteiger partial charge in [-0.05, 0) is 6.42 Å². The van der Waals surface area contributed by atoms with Gasteiger partial charge in [0.05, 0.1) is 6.01 Å². The lowest BCUT2D eigenvalue weighted by molar-refractivity contribution is -0.117. The van der Waals surface area contributed by atoms with Crippen molar-refractivity contribution in [3.05, 3.63) is 0 Å². The molecule has 0 aromatic heterocycles. The SMILES string of the molecule is CCCC(=O)N=C=N. The molecule has 0 rings (SSSR count). The first-order valence-corrected chi connectivity index (χ1v) is 2.46. The summed E-state index contributed by atoms with van der Waals surface area (Å²) >= 11 is 0. The van der Waals surface area contributed by atoms with Crippen molar-refractivity contribution in [1.82, 2.24) is 0 Å². The van der Waals surface area contributed by atoms with Crippen LogP contribution in [0.3, 0.4) is 0 Å². The quantitative estimate of drug-likeness (QED) is 0.533. The molecule has 0 fully saturated rings. The van der Waals surface area contributed by atoms with Crippen LogP contribution < -0.4 is 0 Å². The number of amides is 1. The Hall–Kier alpha value is -0.950. The van der Waals surface area contributed by atoms with E-state index >= 15 is 0 Å². The Morgan fingerprint density at radius 3 is 2.88 bits per heavy atom. The number of aliphatic imine (C=N–C) groups is 1. The van der Waals surface area contributed by atoms with Crippen molar-refractivity contribution in [3.8, 4) is 0 Å². The summed E-state index contributed by atoms with van der Waals surface area (Å²) in [6, 6.07) is 1.68. The van der Waals surface area contributed by atoms with E-state index in [0.29, 0.717) is 6.42 Å². The lowest BCUT2D eigenvalue weighted by Gasteiger charge is -1.81. The Morgan fingerprint density at radius 1 is 1.88 bits per heavy atom. The summed E-state index contributed by atoms with van der Waals surface area (Å²) < 4.78 is 0. The highest BCUT2D eigenvalue weighted by Gasteiger charge is 1.91. The fraction of sp³-hybridized carbons (Fsp3) is 0.600. The third-order valence-electron chi connectivity index (χ3n) is 0.644. The van der Waals surface area contributed by atoms with Crippen molar-refractivity contribution in [2.75, 3.05) is 0 Å². The predicted octanol–water partition coefficient (Wildman–Crippen LogP) is 1.07. The number of nitrogens with zero attached hydrogens (tertiary/aromatic N) is 1. The topological polar surface area (TPSA) is 53.3 Å². The number of rotatable bonds is 2. The molecular formula is C5H8N2O. The second-order valence-electron chi connectivity index (χ2n) is 1.37. The lowest BCUT2D eigenvalue weighted by Crippen LogP contribution is -1.88. The highest BCUT2D eigenvalue weighted by Crippen LogP contribution is 1.87. The van der Waals surface area contributed by atoms with Gasteiger partial charge in [-0.3, -0.25) is 4.79 Å². The average molecular weight is 112 g/mol. The van der Waals surface area contributed by atoms with E-state index in [1.165, 1.54) is 0 Å². The Balaban J connectivity index is 3.49. The maximum absolute atomic E-state index is 10.3. The first-order chi connectivity index (χ1) is 3.81. The number of carbonyl (C=O) groups excluding carboxylic acids is 1. The van der Waals surface area contributed by atoms with Gasteiger partial charge in [0.1, 0.15) is 0 Å². The molecule has 0 heterocycles. The second kappa shape index (κ2) is 4.22. The van der Waals surface area contributed by atoms with Gasteiger partial charge in [0.2, 0.25) is 0 Å². The number of hydrogen-bond acceptors (Lipinski definition) is 2. The van der Waals surface area contributed by atoms with Crippen LogP contribution in [0.25, 0.3) is 0 Å². The summed E-state index contributed by atoms with van der Waals surface area (Å²) in [7, 11) is 0. The van der Waals surface area contributed by atoms with E-state index in [2.05, 4.69) is 4.99 Å². The fourth-order valence-electron chi connectivity index (χ4n) is 0.332. The summed E-state index contributed by atoms with van der Waals surface area (Å²) in [5.74, 6) is -0.262. The van der Waals surface area contributed by atoms with Crippen molar-refractivity contribution in [1.29, 1.82) is 5.41 Å². The molecule has 1 N–H and O–H groups in total.